The van der Waals surface area contributed by atoms with Crippen molar-refractivity contribution in [2.75, 3.05) is 0 Å². The van der Waals surface area contributed by atoms with E-state index >= 15 is 0 Å². The van der Waals surface area contributed by atoms with Gasteiger partial charge in [-0.2, -0.15) is 5.10 Å². The van der Waals surface area contributed by atoms with Crippen LogP contribution in [-0.4, -0.2) is 18.6 Å². The number of hydrogen-bond acceptors (Lipinski definition) is 3. The van der Waals surface area contributed by atoms with Crippen molar-refractivity contribution in [2.45, 2.75) is 18.7 Å². The summed E-state index contributed by atoms with van der Waals surface area (Å²) in [7, 11) is -3.69. The first-order chi connectivity index (χ1) is 10.9. The Kier molecular flexibility index (Phi) is 3.79. The van der Waals surface area contributed by atoms with E-state index in [0.717, 1.165) is 27.9 Å². The minimum atomic E-state index is -3.69. The molecular formula is C17H17N3O2S. The summed E-state index contributed by atoms with van der Waals surface area (Å²) in [6, 6.07) is 12.7. The quantitative estimate of drug-likeness (QED) is 0.775. The molecule has 3 N–H and O–H groups in total. The zero-order valence-electron chi connectivity index (χ0n) is 12.9. The van der Waals surface area contributed by atoms with E-state index in [-0.39, 0.29) is 4.90 Å². The van der Waals surface area contributed by atoms with E-state index in [0.29, 0.717) is 0 Å². The molecule has 118 valence electrons. The first-order valence-electron chi connectivity index (χ1n) is 7.10. The van der Waals surface area contributed by atoms with Crippen LogP contribution in [0.5, 0.6) is 0 Å². The van der Waals surface area contributed by atoms with Crippen LogP contribution in [0.3, 0.4) is 0 Å². The van der Waals surface area contributed by atoms with Crippen molar-refractivity contribution in [2.24, 2.45) is 5.14 Å². The molecule has 5 nitrogen and oxygen atoms in total. The van der Waals surface area contributed by atoms with Gasteiger partial charge in [-0.05, 0) is 37.1 Å². The lowest BCUT2D eigenvalue weighted by Gasteiger charge is -2.08. The summed E-state index contributed by atoms with van der Waals surface area (Å²) in [5, 5.41) is 12.3. The maximum Gasteiger partial charge on any atom is 0.238 e. The van der Waals surface area contributed by atoms with E-state index < -0.39 is 10.0 Å². The zero-order chi connectivity index (χ0) is 16.6. The van der Waals surface area contributed by atoms with E-state index in [4.69, 9.17) is 5.14 Å². The number of aryl methyl sites for hydroxylation is 2. The van der Waals surface area contributed by atoms with Gasteiger partial charge in [-0.25, -0.2) is 13.6 Å². The van der Waals surface area contributed by atoms with Crippen molar-refractivity contribution in [1.82, 2.24) is 10.2 Å². The molecule has 0 aliphatic heterocycles. The van der Waals surface area contributed by atoms with Gasteiger partial charge in [0.25, 0.3) is 0 Å². The molecule has 0 aliphatic carbocycles. The second-order valence-electron chi connectivity index (χ2n) is 5.55. The van der Waals surface area contributed by atoms with Crippen molar-refractivity contribution >= 4 is 10.0 Å². The molecule has 0 saturated heterocycles. The third-order valence-electron chi connectivity index (χ3n) is 3.78. The zero-order valence-corrected chi connectivity index (χ0v) is 13.7. The Morgan fingerprint density at radius 1 is 1.00 bits per heavy atom. The van der Waals surface area contributed by atoms with Crippen LogP contribution in [0.4, 0.5) is 0 Å². The Morgan fingerprint density at radius 2 is 1.70 bits per heavy atom. The highest BCUT2D eigenvalue weighted by molar-refractivity contribution is 7.89. The lowest BCUT2D eigenvalue weighted by molar-refractivity contribution is 0.598. The van der Waals surface area contributed by atoms with Crippen LogP contribution in [0, 0.1) is 13.8 Å². The van der Waals surface area contributed by atoms with Gasteiger partial charge in [0.05, 0.1) is 16.8 Å². The predicted molar refractivity (Wildman–Crippen MR) is 90.3 cm³/mol. The molecule has 0 amide bonds. The molecule has 3 aromatic rings. The molecule has 0 atom stereocenters. The predicted octanol–water partition coefficient (Wildman–Crippen LogP) is 3.01. The number of nitrogens with one attached hydrogen (secondary N) is 1. The Hall–Kier alpha value is -2.44. The van der Waals surface area contributed by atoms with Gasteiger partial charge in [-0.1, -0.05) is 35.9 Å². The number of H-pyrrole nitrogens is 1. The lowest BCUT2D eigenvalue weighted by atomic mass is 9.97. The molecule has 23 heavy (non-hydrogen) atoms. The molecule has 2 aromatic carbocycles. The minimum absolute atomic E-state index is 0.0915. The second-order valence-corrected chi connectivity index (χ2v) is 7.11. The molecule has 0 spiro atoms. The fraction of sp³-hybridized carbons (Fsp3) is 0.118. The molecule has 1 aromatic heterocycles. The van der Waals surface area contributed by atoms with Gasteiger partial charge in [0.1, 0.15) is 0 Å². The van der Waals surface area contributed by atoms with Crippen molar-refractivity contribution < 1.29 is 8.42 Å². The number of aromatic amines is 1. The van der Waals surface area contributed by atoms with Crippen LogP contribution >= 0.6 is 0 Å². The van der Waals surface area contributed by atoms with E-state index in [1.807, 2.05) is 0 Å². The number of sulfonamides is 1. The monoisotopic (exact) mass is 327 g/mol. The van der Waals surface area contributed by atoms with Crippen molar-refractivity contribution in [1.29, 1.82) is 0 Å². The third-order valence-corrected chi connectivity index (χ3v) is 4.71. The average molecular weight is 327 g/mol. The largest absolute Gasteiger partial charge is 0.277 e. The number of primary sulfonamides is 1. The summed E-state index contributed by atoms with van der Waals surface area (Å²) in [4.78, 5) is 0.0915. The van der Waals surface area contributed by atoms with Crippen LogP contribution in [-0.2, 0) is 10.0 Å². The second kappa shape index (κ2) is 5.64. The lowest BCUT2D eigenvalue weighted by Crippen LogP contribution is -2.11. The number of nitrogens with two attached hydrogens (primary N) is 1. The Bertz CT molecular complexity index is 958. The first-order valence-corrected chi connectivity index (χ1v) is 8.65. The van der Waals surface area contributed by atoms with Crippen LogP contribution < -0.4 is 5.14 Å². The van der Waals surface area contributed by atoms with Crippen LogP contribution in [0.15, 0.2) is 53.6 Å². The molecule has 0 unspecified atom stereocenters. The summed E-state index contributed by atoms with van der Waals surface area (Å²) in [6.07, 6.45) is 1.78. The van der Waals surface area contributed by atoms with E-state index in [1.54, 1.807) is 18.3 Å². The normalized spacial score (nSPS) is 11.6. The SMILES string of the molecule is Cc1ccc(-c2cn[nH]c2-c2ccc(S(N)(=O)=O)cc2)c(C)c1. The fourth-order valence-corrected chi connectivity index (χ4v) is 3.15. The summed E-state index contributed by atoms with van der Waals surface area (Å²) in [5.74, 6) is 0. The number of rotatable bonds is 3. The standard InChI is InChI=1S/C17H17N3O2S/c1-11-3-8-15(12(2)9-11)16-10-19-20-17(16)13-4-6-14(7-5-13)23(18,21)22/h3-10H,1-2H3,(H,19,20)(H2,18,21,22). The van der Waals surface area contributed by atoms with Gasteiger partial charge in [0.15, 0.2) is 0 Å². The highest BCUT2D eigenvalue weighted by Crippen LogP contribution is 2.32. The molecule has 0 bridgehead atoms. The Morgan fingerprint density at radius 3 is 2.30 bits per heavy atom. The van der Waals surface area contributed by atoms with Crippen molar-refractivity contribution in [3.8, 4) is 22.4 Å². The van der Waals surface area contributed by atoms with E-state index in [1.165, 1.54) is 17.7 Å². The maximum absolute atomic E-state index is 11.4. The smallest absolute Gasteiger partial charge is 0.238 e. The minimum Gasteiger partial charge on any atom is -0.277 e. The molecule has 1 heterocycles. The summed E-state index contributed by atoms with van der Waals surface area (Å²) in [6.45, 7) is 4.11. The van der Waals surface area contributed by atoms with Gasteiger partial charge in [0, 0.05) is 11.1 Å². The van der Waals surface area contributed by atoms with Gasteiger partial charge >= 0.3 is 0 Å². The molecular weight excluding hydrogens is 310 g/mol. The van der Waals surface area contributed by atoms with Crippen molar-refractivity contribution in [3.63, 3.8) is 0 Å². The van der Waals surface area contributed by atoms with E-state index in [9.17, 15) is 8.42 Å². The van der Waals surface area contributed by atoms with Crippen LogP contribution in [0.2, 0.25) is 0 Å². The van der Waals surface area contributed by atoms with Gasteiger partial charge in [-0.15, -0.1) is 0 Å². The topological polar surface area (TPSA) is 88.8 Å². The van der Waals surface area contributed by atoms with Crippen LogP contribution in [0.1, 0.15) is 11.1 Å². The first kappa shape index (κ1) is 15.5. The number of aromatic nitrogens is 2. The average Bonchev–Trinajstić information content (AvgIpc) is 2.95. The van der Waals surface area contributed by atoms with Gasteiger partial charge in [0.2, 0.25) is 10.0 Å². The van der Waals surface area contributed by atoms with Gasteiger partial charge in [-0.3, -0.25) is 5.10 Å². The molecule has 0 aliphatic rings. The number of nitrogens with zero attached hydrogens (tertiary/aromatic N) is 1. The molecule has 6 heteroatoms. The molecule has 0 saturated carbocycles. The maximum atomic E-state index is 11.4. The summed E-state index contributed by atoms with van der Waals surface area (Å²) < 4.78 is 22.7. The summed E-state index contributed by atoms with van der Waals surface area (Å²) >= 11 is 0. The molecule has 0 fully saturated rings. The number of benzene rings is 2. The Labute approximate surface area is 135 Å². The summed E-state index contributed by atoms with van der Waals surface area (Å²) in [5.41, 5.74) is 6.13. The highest BCUT2D eigenvalue weighted by atomic mass is 32.2. The fourth-order valence-electron chi connectivity index (χ4n) is 2.64. The Balaban J connectivity index is 2.08. The van der Waals surface area contributed by atoms with E-state index in [2.05, 4.69) is 42.2 Å². The third kappa shape index (κ3) is 3.04. The number of hydrogen-bond donors (Lipinski definition) is 2. The molecule has 3 rings (SSSR count). The van der Waals surface area contributed by atoms with Crippen LogP contribution in [0.25, 0.3) is 22.4 Å². The van der Waals surface area contributed by atoms with Gasteiger partial charge < -0.3 is 0 Å². The highest BCUT2D eigenvalue weighted by Gasteiger charge is 2.13. The molecule has 0 radical (unpaired) electrons. The van der Waals surface area contributed by atoms with Crippen molar-refractivity contribution in [3.05, 3.63) is 59.8 Å².